The van der Waals surface area contributed by atoms with E-state index in [1.165, 1.54) is 44.9 Å². The van der Waals surface area contributed by atoms with Crippen LogP contribution >= 0.6 is 22.9 Å². The van der Waals surface area contributed by atoms with E-state index < -0.39 is 0 Å². The molecule has 0 N–H and O–H groups in total. The highest BCUT2D eigenvalue weighted by Crippen LogP contribution is 2.43. The first-order valence-corrected chi connectivity index (χ1v) is 15.2. The minimum absolute atomic E-state index is 0.413. The minimum Gasteiger partial charge on any atom is -0.494 e. The van der Waals surface area contributed by atoms with Crippen LogP contribution in [0.3, 0.4) is 0 Å². The summed E-state index contributed by atoms with van der Waals surface area (Å²) < 4.78 is 13.1. The third-order valence-corrected chi connectivity index (χ3v) is 8.65. The number of rotatable bonds is 13. The Bertz CT molecular complexity index is 1580. The van der Waals surface area contributed by atoms with E-state index in [-0.39, 0.29) is 0 Å². The minimum atomic E-state index is 0.413. The fourth-order valence-corrected chi connectivity index (χ4v) is 6.23. The van der Waals surface area contributed by atoms with E-state index >= 15 is 0 Å². The Morgan fingerprint density at radius 2 is 1.40 bits per heavy atom. The number of hydrogen-bond acceptors (Lipinski definition) is 6. The molecular weight excluding hydrogens is 538 g/mol. The summed E-state index contributed by atoms with van der Waals surface area (Å²) in [6.07, 6.45) is 10.3. The maximum absolute atomic E-state index is 8.99. The normalized spacial score (nSPS) is 11.1. The molecule has 0 saturated carbocycles. The van der Waals surface area contributed by atoms with Crippen molar-refractivity contribution < 1.29 is 9.15 Å². The van der Waals surface area contributed by atoms with Crippen molar-refractivity contribution in [1.82, 2.24) is 10.2 Å². The standard InChI is InChI=1S/C33H32ClN3O2S/c1-2-3-4-5-6-7-8-9-20-38-27-18-19-28-29(21-27)40-31(30(28)34)24-14-16-26(17-15-24)33-37-36-32(39-33)25-12-10-23(22-35)11-13-25/h10-19,21H,2-9,20H2,1H3. The van der Waals surface area contributed by atoms with Gasteiger partial charge in [0, 0.05) is 21.2 Å². The lowest BCUT2D eigenvalue weighted by molar-refractivity contribution is 0.304. The van der Waals surface area contributed by atoms with Crippen molar-refractivity contribution in [2.24, 2.45) is 0 Å². The van der Waals surface area contributed by atoms with Crippen molar-refractivity contribution in [1.29, 1.82) is 5.26 Å². The van der Waals surface area contributed by atoms with E-state index in [1.54, 1.807) is 35.6 Å². The molecule has 0 amide bonds. The number of aromatic nitrogens is 2. The summed E-state index contributed by atoms with van der Waals surface area (Å²) in [6.45, 7) is 3.00. The molecule has 0 aliphatic rings. The van der Waals surface area contributed by atoms with Crippen molar-refractivity contribution in [2.45, 2.75) is 58.3 Å². The van der Waals surface area contributed by atoms with Gasteiger partial charge in [-0.15, -0.1) is 21.5 Å². The topological polar surface area (TPSA) is 71.9 Å². The summed E-state index contributed by atoms with van der Waals surface area (Å²) in [4.78, 5) is 1.02. The Morgan fingerprint density at radius 3 is 2.05 bits per heavy atom. The smallest absolute Gasteiger partial charge is 0.248 e. The zero-order valence-corrected chi connectivity index (χ0v) is 24.2. The Kier molecular flexibility index (Phi) is 9.49. The maximum Gasteiger partial charge on any atom is 0.248 e. The average Bonchev–Trinajstić information content (AvgIpc) is 3.61. The van der Waals surface area contributed by atoms with Crippen LogP contribution in [0.2, 0.25) is 5.02 Å². The van der Waals surface area contributed by atoms with Crippen molar-refractivity contribution in [3.05, 3.63) is 77.3 Å². The van der Waals surface area contributed by atoms with Crippen molar-refractivity contribution in [3.8, 4) is 45.2 Å². The highest BCUT2D eigenvalue weighted by atomic mass is 35.5. The fourth-order valence-electron chi connectivity index (χ4n) is 4.65. The molecule has 0 fully saturated rings. The molecule has 0 bridgehead atoms. The lowest BCUT2D eigenvalue weighted by atomic mass is 10.1. The molecule has 5 aromatic rings. The Labute approximate surface area is 244 Å². The summed E-state index contributed by atoms with van der Waals surface area (Å²) in [7, 11) is 0. The van der Waals surface area contributed by atoms with Gasteiger partial charge in [-0.3, -0.25) is 0 Å². The van der Waals surface area contributed by atoms with Crippen LogP contribution < -0.4 is 4.74 Å². The number of ether oxygens (including phenoxy) is 1. The van der Waals surface area contributed by atoms with E-state index in [9.17, 15) is 0 Å². The molecule has 3 aromatic carbocycles. The second-order valence-corrected chi connectivity index (χ2v) is 11.3. The van der Waals surface area contributed by atoms with Gasteiger partial charge in [0.05, 0.1) is 28.1 Å². The first-order valence-electron chi connectivity index (χ1n) is 14.0. The number of nitrogens with zero attached hydrogens (tertiary/aromatic N) is 3. The van der Waals surface area contributed by atoms with E-state index in [2.05, 4.69) is 35.3 Å². The predicted octanol–water partition coefficient (Wildman–Crippen LogP) is 10.3. The zero-order chi connectivity index (χ0) is 27.7. The van der Waals surface area contributed by atoms with E-state index in [1.807, 2.05) is 30.3 Å². The van der Waals surface area contributed by atoms with Crippen LogP contribution in [-0.2, 0) is 0 Å². The summed E-state index contributed by atoms with van der Waals surface area (Å²) >= 11 is 8.48. The van der Waals surface area contributed by atoms with Crippen LogP contribution in [-0.4, -0.2) is 16.8 Å². The van der Waals surface area contributed by atoms with Gasteiger partial charge in [-0.05, 0) is 66.6 Å². The number of fused-ring (bicyclic) bond motifs is 1. The fraction of sp³-hybridized carbons (Fsp3) is 0.303. The van der Waals surface area contributed by atoms with E-state index in [4.69, 9.17) is 26.0 Å². The Balaban J connectivity index is 1.20. The van der Waals surface area contributed by atoms with Crippen LogP contribution in [0.5, 0.6) is 5.75 Å². The van der Waals surface area contributed by atoms with Gasteiger partial charge >= 0.3 is 0 Å². The van der Waals surface area contributed by atoms with Crippen LogP contribution in [0, 0.1) is 11.3 Å². The van der Waals surface area contributed by atoms with Gasteiger partial charge in [0.25, 0.3) is 0 Å². The number of nitriles is 1. The second-order valence-electron chi connectivity index (χ2n) is 9.91. The summed E-state index contributed by atoms with van der Waals surface area (Å²) in [5.74, 6) is 1.74. The molecule has 0 spiro atoms. The highest BCUT2D eigenvalue weighted by Gasteiger charge is 2.15. The summed E-state index contributed by atoms with van der Waals surface area (Å²) in [5.41, 5.74) is 3.21. The van der Waals surface area contributed by atoms with Gasteiger partial charge in [-0.25, -0.2) is 0 Å². The molecule has 2 heterocycles. The molecule has 0 aliphatic heterocycles. The molecule has 0 aliphatic carbocycles. The lowest BCUT2D eigenvalue weighted by Gasteiger charge is -2.06. The molecule has 5 rings (SSSR count). The molecule has 0 atom stereocenters. The number of thiophene rings is 1. The first kappa shape index (κ1) is 27.9. The number of hydrogen-bond donors (Lipinski definition) is 0. The van der Waals surface area contributed by atoms with Gasteiger partial charge in [-0.1, -0.05) is 75.6 Å². The SMILES string of the molecule is CCCCCCCCCCOc1ccc2c(Cl)c(-c3ccc(-c4nnc(-c5ccc(C#N)cc5)o4)cc3)sc2c1. The van der Waals surface area contributed by atoms with E-state index in [0.29, 0.717) is 17.3 Å². The largest absolute Gasteiger partial charge is 0.494 e. The Morgan fingerprint density at radius 1 is 0.800 bits per heavy atom. The van der Waals surface area contributed by atoms with Gasteiger partial charge in [0.2, 0.25) is 11.8 Å². The third-order valence-electron chi connectivity index (χ3n) is 6.95. The second kappa shape index (κ2) is 13.6. The molecule has 0 unspecified atom stereocenters. The number of halogens is 1. The van der Waals surface area contributed by atoms with Crippen molar-refractivity contribution >= 4 is 33.0 Å². The van der Waals surface area contributed by atoms with Crippen molar-refractivity contribution in [3.63, 3.8) is 0 Å². The highest BCUT2D eigenvalue weighted by molar-refractivity contribution is 7.23. The molecule has 2 aromatic heterocycles. The quantitative estimate of drug-likeness (QED) is 0.132. The lowest BCUT2D eigenvalue weighted by Crippen LogP contribution is -1.97. The van der Waals surface area contributed by atoms with Gasteiger partial charge in [0.1, 0.15) is 5.75 Å². The molecule has 204 valence electrons. The molecule has 0 radical (unpaired) electrons. The third kappa shape index (κ3) is 6.72. The van der Waals surface area contributed by atoms with E-state index in [0.717, 1.165) is 55.5 Å². The molecule has 7 heteroatoms. The predicted molar refractivity (Wildman–Crippen MR) is 164 cm³/mol. The van der Waals surface area contributed by atoms with Crippen LogP contribution in [0.15, 0.2) is 71.1 Å². The van der Waals surface area contributed by atoms with Gasteiger partial charge < -0.3 is 9.15 Å². The molecule has 40 heavy (non-hydrogen) atoms. The number of unbranched alkanes of at least 4 members (excludes halogenated alkanes) is 7. The molecule has 5 nitrogen and oxygen atoms in total. The zero-order valence-electron chi connectivity index (χ0n) is 22.7. The summed E-state index contributed by atoms with van der Waals surface area (Å²) in [5, 5.41) is 19.2. The summed E-state index contributed by atoms with van der Waals surface area (Å²) in [6, 6.07) is 23.3. The first-order chi connectivity index (χ1) is 19.7. The maximum atomic E-state index is 8.99. The number of benzene rings is 3. The average molecular weight is 570 g/mol. The van der Waals surface area contributed by atoms with Crippen LogP contribution in [0.25, 0.3) is 43.4 Å². The Hall–Kier alpha value is -3.66. The van der Waals surface area contributed by atoms with Crippen molar-refractivity contribution in [2.75, 3.05) is 6.61 Å². The monoisotopic (exact) mass is 569 g/mol. The van der Waals surface area contributed by atoms with Crippen LogP contribution in [0.1, 0.15) is 63.9 Å². The molecular formula is C33H32ClN3O2S. The molecule has 0 saturated heterocycles. The van der Waals surface area contributed by atoms with Crippen LogP contribution in [0.4, 0.5) is 0 Å². The van der Waals surface area contributed by atoms with Gasteiger partial charge in [0.15, 0.2) is 0 Å². The van der Waals surface area contributed by atoms with Gasteiger partial charge in [-0.2, -0.15) is 5.26 Å².